The molecule has 0 aliphatic rings. The molecule has 1 N–H and O–H groups in total. The van der Waals surface area contributed by atoms with E-state index in [1.165, 1.54) is 11.1 Å². The highest BCUT2D eigenvalue weighted by Gasteiger charge is 2.12. The molecule has 6 nitrogen and oxygen atoms in total. The molecular weight excluding hydrogens is 388 g/mol. The van der Waals surface area contributed by atoms with Crippen molar-refractivity contribution in [2.45, 2.75) is 26.8 Å². The van der Waals surface area contributed by atoms with Crippen LogP contribution >= 0.6 is 0 Å². The molecule has 0 bridgehead atoms. The number of hydrogen-bond donors (Lipinski definition) is 1. The number of carbonyl (C=O) groups excluding carboxylic acids is 1. The van der Waals surface area contributed by atoms with Gasteiger partial charge in [-0.2, -0.15) is 0 Å². The van der Waals surface area contributed by atoms with Crippen LogP contribution in [-0.4, -0.2) is 33.6 Å². The highest BCUT2D eigenvalue weighted by Crippen LogP contribution is 2.19. The van der Waals surface area contributed by atoms with Crippen LogP contribution < -0.4 is 10.1 Å². The van der Waals surface area contributed by atoms with Crippen LogP contribution in [0.4, 0.5) is 0 Å². The summed E-state index contributed by atoms with van der Waals surface area (Å²) in [5, 5.41) is 2.95. The van der Waals surface area contributed by atoms with Crippen molar-refractivity contribution in [1.29, 1.82) is 0 Å². The van der Waals surface area contributed by atoms with Gasteiger partial charge in [0, 0.05) is 25.4 Å². The van der Waals surface area contributed by atoms with Gasteiger partial charge >= 0.3 is 0 Å². The smallest absolute Gasteiger partial charge is 0.252 e. The molecule has 31 heavy (non-hydrogen) atoms. The first-order valence-corrected chi connectivity index (χ1v) is 10.4. The Labute approximate surface area is 181 Å². The number of fused-ring (bicyclic) bond motifs is 1. The molecule has 0 radical (unpaired) electrons. The minimum atomic E-state index is -0.131. The van der Waals surface area contributed by atoms with Gasteiger partial charge in [-0.1, -0.05) is 18.2 Å². The monoisotopic (exact) mass is 414 g/mol. The number of aryl methyl sites for hydroxylation is 2. The van der Waals surface area contributed by atoms with E-state index in [1.54, 1.807) is 24.5 Å². The minimum absolute atomic E-state index is 0.131. The molecule has 0 fully saturated rings. The molecule has 0 unspecified atom stereocenters. The van der Waals surface area contributed by atoms with Gasteiger partial charge in [-0.25, -0.2) is 4.98 Å². The summed E-state index contributed by atoms with van der Waals surface area (Å²) in [6.45, 7) is 5.89. The van der Waals surface area contributed by atoms with Crippen LogP contribution in [0.2, 0.25) is 0 Å². The Morgan fingerprint density at radius 1 is 1.06 bits per heavy atom. The zero-order chi connectivity index (χ0) is 21.6. The third-order valence-electron chi connectivity index (χ3n) is 5.35. The summed E-state index contributed by atoms with van der Waals surface area (Å²) in [6.07, 6.45) is 3.85. The third-order valence-corrected chi connectivity index (χ3v) is 5.35. The number of rotatable bonds is 8. The van der Waals surface area contributed by atoms with Crippen LogP contribution in [0, 0.1) is 13.8 Å². The second kappa shape index (κ2) is 9.43. The van der Waals surface area contributed by atoms with Gasteiger partial charge < -0.3 is 14.6 Å². The molecule has 2 heterocycles. The first-order chi connectivity index (χ1) is 15.1. The van der Waals surface area contributed by atoms with Crippen LogP contribution in [0.5, 0.6) is 5.75 Å². The van der Waals surface area contributed by atoms with Crippen LogP contribution in [0.15, 0.2) is 67.0 Å². The molecule has 2 aromatic carbocycles. The lowest BCUT2D eigenvalue weighted by Crippen LogP contribution is -2.26. The number of para-hydroxylation sites is 2. The Balaban J connectivity index is 1.42. The molecule has 0 atom stereocenters. The van der Waals surface area contributed by atoms with Crippen molar-refractivity contribution in [1.82, 2.24) is 19.9 Å². The Bertz CT molecular complexity index is 1180. The standard InChI is InChI=1S/C25H26N4O2/c1-18-9-10-21(16-19(18)2)31-15-14-29-23-8-4-3-7-22(23)28-24(29)11-13-27-25(30)20-6-5-12-26-17-20/h3-10,12,16-17H,11,13-15H2,1-2H3,(H,27,30). The Hall–Kier alpha value is -3.67. The summed E-state index contributed by atoms with van der Waals surface area (Å²) in [4.78, 5) is 21.0. The molecule has 0 saturated heterocycles. The first-order valence-electron chi connectivity index (χ1n) is 10.4. The van der Waals surface area contributed by atoms with Crippen LogP contribution in [-0.2, 0) is 13.0 Å². The van der Waals surface area contributed by atoms with E-state index in [-0.39, 0.29) is 5.91 Å². The fraction of sp³-hybridized carbons (Fsp3) is 0.240. The average molecular weight is 415 g/mol. The molecule has 2 aromatic heterocycles. The van der Waals surface area contributed by atoms with Crippen LogP contribution in [0.25, 0.3) is 11.0 Å². The summed E-state index contributed by atoms with van der Waals surface area (Å²) < 4.78 is 8.17. The summed E-state index contributed by atoms with van der Waals surface area (Å²) in [5.74, 6) is 1.67. The Morgan fingerprint density at radius 2 is 1.94 bits per heavy atom. The molecule has 0 aliphatic heterocycles. The maximum absolute atomic E-state index is 12.3. The molecule has 158 valence electrons. The van der Waals surface area contributed by atoms with E-state index in [2.05, 4.69) is 46.9 Å². The van der Waals surface area contributed by atoms with E-state index in [1.807, 2.05) is 24.3 Å². The lowest BCUT2D eigenvalue weighted by molar-refractivity contribution is 0.0953. The number of benzene rings is 2. The quantitative estimate of drug-likeness (QED) is 0.471. The zero-order valence-electron chi connectivity index (χ0n) is 17.8. The summed E-state index contributed by atoms with van der Waals surface area (Å²) in [7, 11) is 0. The van der Waals surface area contributed by atoms with Gasteiger partial charge in [-0.05, 0) is 61.4 Å². The van der Waals surface area contributed by atoms with Crippen molar-refractivity contribution >= 4 is 16.9 Å². The summed E-state index contributed by atoms with van der Waals surface area (Å²) in [5.41, 5.74) is 5.04. The van der Waals surface area contributed by atoms with Crippen molar-refractivity contribution in [3.05, 3.63) is 89.5 Å². The first kappa shape index (κ1) is 20.6. The van der Waals surface area contributed by atoms with E-state index in [9.17, 15) is 4.79 Å². The molecule has 0 saturated carbocycles. The Kier molecular flexibility index (Phi) is 6.26. The maximum atomic E-state index is 12.3. The molecular formula is C25H26N4O2. The molecule has 4 rings (SSSR count). The van der Waals surface area contributed by atoms with Gasteiger partial charge in [0.25, 0.3) is 5.91 Å². The van der Waals surface area contributed by atoms with Gasteiger partial charge in [0.1, 0.15) is 18.2 Å². The predicted molar refractivity (Wildman–Crippen MR) is 121 cm³/mol. The van der Waals surface area contributed by atoms with E-state index < -0.39 is 0 Å². The fourth-order valence-electron chi connectivity index (χ4n) is 3.51. The highest BCUT2D eigenvalue weighted by atomic mass is 16.5. The van der Waals surface area contributed by atoms with E-state index in [0.717, 1.165) is 22.6 Å². The largest absolute Gasteiger partial charge is 0.492 e. The van der Waals surface area contributed by atoms with Crippen molar-refractivity contribution in [3.8, 4) is 5.75 Å². The number of aromatic nitrogens is 3. The lowest BCUT2D eigenvalue weighted by atomic mass is 10.1. The predicted octanol–water partition coefficient (Wildman–Crippen LogP) is 4.10. The third kappa shape index (κ3) is 4.91. The SMILES string of the molecule is Cc1ccc(OCCn2c(CCNC(=O)c3cccnc3)nc3ccccc32)cc1C. The second-order valence-corrected chi connectivity index (χ2v) is 7.51. The van der Waals surface area contributed by atoms with Crippen molar-refractivity contribution in [3.63, 3.8) is 0 Å². The van der Waals surface area contributed by atoms with Gasteiger partial charge in [0.15, 0.2) is 0 Å². The number of amides is 1. The topological polar surface area (TPSA) is 69.0 Å². The van der Waals surface area contributed by atoms with Gasteiger partial charge in [-0.3, -0.25) is 9.78 Å². The lowest BCUT2D eigenvalue weighted by Gasteiger charge is -2.12. The second-order valence-electron chi connectivity index (χ2n) is 7.51. The number of imidazole rings is 1. The number of carbonyl (C=O) groups is 1. The normalized spacial score (nSPS) is 10.9. The Morgan fingerprint density at radius 3 is 2.74 bits per heavy atom. The van der Waals surface area contributed by atoms with E-state index in [4.69, 9.17) is 9.72 Å². The van der Waals surface area contributed by atoms with Crippen molar-refractivity contribution in [2.24, 2.45) is 0 Å². The molecule has 6 heteroatoms. The number of hydrogen-bond acceptors (Lipinski definition) is 4. The summed E-state index contributed by atoms with van der Waals surface area (Å²) >= 11 is 0. The molecule has 0 aliphatic carbocycles. The summed E-state index contributed by atoms with van der Waals surface area (Å²) in [6, 6.07) is 17.7. The molecule has 0 spiro atoms. The van der Waals surface area contributed by atoms with Crippen LogP contribution in [0.3, 0.4) is 0 Å². The number of ether oxygens (including phenoxy) is 1. The van der Waals surface area contributed by atoms with E-state index in [0.29, 0.717) is 31.7 Å². The molecule has 4 aromatic rings. The van der Waals surface area contributed by atoms with Gasteiger partial charge in [0.2, 0.25) is 0 Å². The maximum Gasteiger partial charge on any atom is 0.252 e. The number of nitrogens with one attached hydrogen (secondary N) is 1. The van der Waals surface area contributed by atoms with E-state index >= 15 is 0 Å². The zero-order valence-corrected chi connectivity index (χ0v) is 17.8. The minimum Gasteiger partial charge on any atom is -0.492 e. The number of nitrogens with zero attached hydrogens (tertiary/aromatic N) is 3. The van der Waals surface area contributed by atoms with Gasteiger partial charge in [0.05, 0.1) is 23.1 Å². The average Bonchev–Trinajstić information content (AvgIpc) is 3.14. The fourth-order valence-corrected chi connectivity index (χ4v) is 3.51. The highest BCUT2D eigenvalue weighted by molar-refractivity contribution is 5.93. The number of pyridine rings is 1. The van der Waals surface area contributed by atoms with Gasteiger partial charge in [-0.15, -0.1) is 0 Å². The molecule has 1 amide bonds. The van der Waals surface area contributed by atoms with Crippen molar-refractivity contribution < 1.29 is 9.53 Å². The van der Waals surface area contributed by atoms with Crippen molar-refractivity contribution in [2.75, 3.05) is 13.2 Å². The van der Waals surface area contributed by atoms with Crippen LogP contribution in [0.1, 0.15) is 27.3 Å².